The molecule has 0 aromatic heterocycles. The van der Waals surface area contributed by atoms with Gasteiger partial charge in [0.15, 0.2) is 17.4 Å². The highest BCUT2D eigenvalue weighted by Gasteiger charge is 2.30. The minimum absolute atomic E-state index is 0.0947. The second kappa shape index (κ2) is 3.93. The number of carbonyl (C=O) groups is 2. The fraction of sp³-hybridized carbons (Fsp3) is 0.200. The number of nitrogens with zero attached hydrogens (tertiary/aromatic N) is 1. The standard InChI is InChI=1S/C10H6BrF2NO2/c11-9-7(2-1-6(12)10(9)13)14-4-5(15)3-8(14)16/h1-2H,3-4H2. The van der Waals surface area contributed by atoms with Gasteiger partial charge in [0.05, 0.1) is 23.1 Å². The molecule has 0 spiro atoms. The number of Topliss-reactive ketones (excluding diaryl/α,β-unsaturated/α-hetero) is 1. The van der Waals surface area contributed by atoms with Crippen molar-refractivity contribution in [1.82, 2.24) is 0 Å². The monoisotopic (exact) mass is 289 g/mol. The van der Waals surface area contributed by atoms with E-state index in [4.69, 9.17) is 0 Å². The van der Waals surface area contributed by atoms with Gasteiger partial charge in [0, 0.05) is 0 Å². The molecule has 1 amide bonds. The zero-order chi connectivity index (χ0) is 11.9. The molecule has 0 atom stereocenters. The SMILES string of the molecule is O=C1CC(=O)N(c2ccc(F)c(F)c2Br)C1. The van der Waals surface area contributed by atoms with Crippen molar-refractivity contribution in [2.24, 2.45) is 0 Å². The molecule has 0 bridgehead atoms. The Labute approximate surface area is 98.2 Å². The molecule has 1 aliphatic rings. The smallest absolute Gasteiger partial charge is 0.234 e. The summed E-state index contributed by atoms with van der Waals surface area (Å²) in [5, 5.41) is 0. The van der Waals surface area contributed by atoms with E-state index < -0.39 is 17.5 Å². The summed E-state index contributed by atoms with van der Waals surface area (Å²) in [7, 11) is 0. The molecule has 0 aliphatic carbocycles. The topological polar surface area (TPSA) is 37.4 Å². The molecular weight excluding hydrogens is 284 g/mol. The van der Waals surface area contributed by atoms with E-state index in [-0.39, 0.29) is 28.9 Å². The van der Waals surface area contributed by atoms with E-state index in [1.54, 1.807) is 0 Å². The van der Waals surface area contributed by atoms with Gasteiger partial charge in [-0.25, -0.2) is 8.78 Å². The van der Waals surface area contributed by atoms with Gasteiger partial charge in [-0.1, -0.05) is 0 Å². The second-order valence-electron chi connectivity index (χ2n) is 3.39. The Morgan fingerprint density at radius 1 is 1.25 bits per heavy atom. The van der Waals surface area contributed by atoms with E-state index in [2.05, 4.69) is 15.9 Å². The van der Waals surface area contributed by atoms with Gasteiger partial charge in [-0.3, -0.25) is 9.59 Å². The van der Waals surface area contributed by atoms with Gasteiger partial charge in [-0.15, -0.1) is 0 Å². The van der Waals surface area contributed by atoms with Crippen molar-refractivity contribution in [3.05, 3.63) is 28.2 Å². The molecule has 3 nitrogen and oxygen atoms in total. The summed E-state index contributed by atoms with van der Waals surface area (Å²) in [6.45, 7) is -0.0947. The van der Waals surface area contributed by atoms with Crippen LogP contribution in [0.1, 0.15) is 6.42 Å². The number of hydrogen-bond acceptors (Lipinski definition) is 2. The molecule has 2 rings (SSSR count). The Morgan fingerprint density at radius 3 is 2.50 bits per heavy atom. The Morgan fingerprint density at radius 2 is 1.94 bits per heavy atom. The zero-order valence-electron chi connectivity index (χ0n) is 7.97. The molecule has 1 aromatic carbocycles. The molecule has 1 aliphatic heterocycles. The minimum Gasteiger partial charge on any atom is -0.303 e. The molecular formula is C10H6BrF2NO2. The lowest BCUT2D eigenvalue weighted by molar-refractivity contribution is -0.121. The van der Waals surface area contributed by atoms with Crippen molar-refractivity contribution in [3.63, 3.8) is 0 Å². The average Bonchev–Trinajstić information content (AvgIpc) is 2.55. The maximum atomic E-state index is 13.2. The number of benzene rings is 1. The third-order valence-electron chi connectivity index (χ3n) is 2.29. The van der Waals surface area contributed by atoms with Crippen LogP contribution in [-0.2, 0) is 9.59 Å². The molecule has 16 heavy (non-hydrogen) atoms. The van der Waals surface area contributed by atoms with E-state index >= 15 is 0 Å². The summed E-state index contributed by atoms with van der Waals surface area (Å²) in [4.78, 5) is 23.6. The fourth-order valence-electron chi connectivity index (χ4n) is 1.53. The summed E-state index contributed by atoms with van der Waals surface area (Å²) in [5.41, 5.74) is 0.176. The van der Waals surface area contributed by atoms with E-state index in [9.17, 15) is 18.4 Å². The largest absolute Gasteiger partial charge is 0.303 e. The van der Waals surface area contributed by atoms with Crippen molar-refractivity contribution in [2.75, 3.05) is 11.4 Å². The molecule has 6 heteroatoms. The maximum absolute atomic E-state index is 13.2. The van der Waals surface area contributed by atoms with Gasteiger partial charge in [-0.2, -0.15) is 0 Å². The molecule has 1 heterocycles. The Kier molecular flexibility index (Phi) is 2.75. The lowest BCUT2D eigenvalue weighted by Gasteiger charge is -2.16. The lowest BCUT2D eigenvalue weighted by Crippen LogP contribution is -2.25. The van der Waals surface area contributed by atoms with Gasteiger partial charge in [0.2, 0.25) is 5.91 Å². The first-order valence-corrected chi connectivity index (χ1v) is 5.25. The highest BCUT2D eigenvalue weighted by Crippen LogP contribution is 2.32. The average molecular weight is 290 g/mol. The second-order valence-corrected chi connectivity index (χ2v) is 4.18. The van der Waals surface area contributed by atoms with E-state index in [0.29, 0.717) is 0 Å². The third kappa shape index (κ3) is 1.73. The summed E-state index contributed by atoms with van der Waals surface area (Å²) in [5.74, 6) is -2.71. The van der Waals surface area contributed by atoms with E-state index in [0.717, 1.165) is 11.0 Å². The quantitative estimate of drug-likeness (QED) is 0.586. The fourth-order valence-corrected chi connectivity index (χ4v) is 2.06. The first-order valence-electron chi connectivity index (χ1n) is 4.46. The van der Waals surface area contributed by atoms with Gasteiger partial charge < -0.3 is 4.90 Å². The van der Waals surface area contributed by atoms with Gasteiger partial charge in [0.25, 0.3) is 0 Å². The van der Waals surface area contributed by atoms with Crippen LogP contribution >= 0.6 is 15.9 Å². The number of halogens is 3. The summed E-state index contributed by atoms with van der Waals surface area (Å²) in [6, 6.07) is 2.19. The molecule has 0 saturated carbocycles. The first-order chi connectivity index (χ1) is 7.50. The number of hydrogen-bond donors (Lipinski definition) is 0. The predicted molar refractivity (Wildman–Crippen MR) is 56.0 cm³/mol. The summed E-state index contributed by atoms with van der Waals surface area (Å²) < 4.78 is 25.9. The minimum atomic E-state index is -1.07. The maximum Gasteiger partial charge on any atom is 0.234 e. The Bertz CT molecular complexity index is 490. The summed E-state index contributed by atoms with van der Waals surface area (Å²) in [6.07, 6.45) is -0.189. The number of anilines is 1. The van der Waals surface area contributed by atoms with Crippen molar-refractivity contribution in [1.29, 1.82) is 0 Å². The van der Waals surface area contributed by atoms with Crippen LogP contribution in [0.5, 0.6) is 0 Å². The lowest BCUT2D eigenvalue weighted by atomic mass is 10.3. The van der Waals surface area contributed by atoms with Gasteiger partial charge >= 0.3 is 0 Å². The molecule has 0 N–H and O–H groups in total. The van der Waals surface area contributed by atoms with Gasteiger partial charge in [0.1, 0.15) is 0 Å². The number of ketones is 1. The van der Waals surface area contributed by atoms with E-state index in [1.165, 1.54) is 6.07 Å². The van der Waals surface area contributed by atoms with Gasteiger partial charge in [-0.05, 0) is 28.1 Å². The molecule has 0 radical (unpaired) electrons. The molecule has 0 unspecified atom stereocenters. The first kappa shape index (κ1) is 11.2. The Hall–Kier alpha value is -1.30. The number of amides is 1. The Balaban J connectivity index is 2.45. The van der Waals surface area contributed by atoms with Crippen molar-refractivity contribution >= 4 is 33.3 Å². The van der Waals surface area contributed by atoms with Crippen LogP contribution in [-0.4, -0.2) is 18.2 Å². The molecule has 1 saturated heterocycles. The predicted octanol–water partition coefficient (Wildman–Crippen LogP) is 2.03. The van der Waals surface area contributed by atoms with Crippen LogP contribution in [0.25, 0.3) is 0 Å². The van der Waals surface area contributed by atoms with Crippen molar-refractivity contribution < 1.29 is 18.4 Å². The van der Waals surface area contributed by atoms with Crippen LogP contribution in [0.15, 0.2) is 16.6 Å². The summed E-state index contributed by atoms with van der Waals surface area (Å²) >= 11 is 2.87. The van der Waals surface area contributed by atoms with Crippen LogP contribution in [0.3, 0.4) is 0 Å². The van der Waals surface area contributed by atoms with Crippen LogP contribution in [0.4, 0.5) is 14.5 Å². The molecule has 1 fully saturated rings. The van der Waals surface area contributed by atoms with E-state index in [1.807, 2.05) is 0 Å². The van der Waals surface area contributed by atoms with Crippen LogP contribution < -0.4 is 4.90 Å². The van der Waals surface area contributed by atoms with Crippen molar-refractivity contribution in [2.45, 2.75) is 6.42 Å². The number of rotatable bonds is 1. The molecule has 84 valence electrons. The zero-order valence-corrected chi connectivity index (χ0v) is 9.55. The van der Waals surface area contributed by atoms with Crippen LogP contribution in [0, 0.1) is 11.6 Å². The normalized spacial score (nSPS) is 16.1. The number of carbonyl (C=O) groups excluding carboxylic acids is 2. The van der Waals surface area contributed by atoms with Crippen molar-refractivity contribution in [3.8, 4) is 0 Å². The van der Waals surface area contributed by atoms with Crippen LogP contribution in [0.2, 0.25) is 0 Å². The highest BCUT2D eigenvalue weighted by atomic mass is 79.9. The molecule has 1 aromatic rings. The highest BCUT2D eigenvalue weighted by molar-refractivity contribution is 9.10. The third-order valence-corrected chi connectivity index (χ3v) is 3.04.